The van der Waals surface area contributed by atoms with E-state index in [1.54, 1.807) is 49.5 Å². The van der Waals surface area contributed by atoms with Gasteiger partial charge in [0.05, 0.1) is 0 Å². The van der Waals surface area contributed by atoms with Crippen molar-refractivity contribution in [3.05, 3.63) is 63.2 Å². The first kappa shape index (κ1) is 17.4. The molecule has 0 aliphatic heterocycles. The maximum atomic E-state index is 12.1. The van der Waals surface area contributed by atoms with Gasteiger partial charge in [0.1, 0.15) is 0 Å². The summed E-state index contributed by atoms with van der Waals surface area (Å²) in [6.07, 6.45) is 0. The molecule has 7 heteroatoms. The zero-order valence-electron chi connectivity index (χ0n) is 12.2. The Labute approximate surface area is 153 Å². The van der Waals surface area contributed by atoms with E-state index in [-0.39, 0.29) is 16.9 Å². The second-order valence-corrected chi connectivity index (χ2v) is 6.23. The Hall–Kier alpha value is -2.00. The van der Waals surface area contributed by atoms with Gasteiger partial charge >= 0.3 is 0 Å². The summed E-state index contributed by atoms with van der Waals surface area (Å²) in [5, 5.41) is 8.23. The number of hydrogen-bond donors (Lipinski definition) is 3. The van der Waals surface area contributed by atoms with E-state index in [9.17, 15) is 9.59 Å². The Bertz CT molecular complexity index is 764. The zero-order chi connectivity index (χ0) is 16.8. The van der Waals surface area contributed by atoms with Gasteiger partial charge < -0.3 is 10.6 Å². The van der Waals surface area contributed by atoms with Crippen LogP contribution in [0, 0.1) is 3.57 Å². The fraction of sp³-hybridized carbons (Fsp3) is 0.0625. The molecule has 2 aromatic carbocycles. The Morgan fingerprint density at radius 2 is 1.65 bits per heavy atom. The van der Waals surface area contributed by atoms with E-state index in [1.165, 1.54) is 0 Å². The van der Waals surface area contributed by atoms with Crippen molar-refractivity contribution in [1.82, 2.24) is 10.6 Å². The Morgan fingerprint density at radius 3 is 2.30 bits per heavy atom. The third-order valence-corrected chi connectivity index (χ3v) is 3.80. The van der Waals surface area contributed by atoms with Gasteiger partial charge in [0, 0.05) is 27.4 Å². The first-order chi connectivity index (χ1) is 11.0. The molecule has 3 N–H and O–H groups in total. The molecule has 0 saturated heterocycles. The third-order valence-electron chi connectivity index (χ3n) is 2.92. The predicted octanol–water partition coefficient (Wildman–Crippen LogP) is 2.78. The number of rotatable bonds is 3. The van der Waals surface area contributed by atoms with Crippen LogP contribution in [-0.4, -0.2) is 24.0 Å². The van der Waals surface area contributed by atoms with E-state index in [1.807, 2.05) is 6.07 Å². The molecule has 0 aliphatic rings. The molecule has 0 aromatic heterocycles. The minimum atomic E-state index is -0.288. The van der Waals surface area contributed by atoms with Crippen LogP contribution in [0.15, 0.2) is 48.5 Å². The maximum Gasteiger partial charge on any atom is 0.257 e. The highest BCUT2D eigenvalue weighted by molar-refractivity contribution is 14.1. The number of hydrogen-bond acceptors (Lipinski definition) is 3. The fourth-order valence-electron chi connectivity index (χ4n) is 1.85. The second-order valence-electron chi connectivity index (χ2n) is 4.58. The molecule has 0 aliphatic carbocycles. The fourth-order valence-corrected chi connectivity index (χ4v) is 2.60. The summed E-state index contributed by atoms with van der Waals surface area (Å²) < 4.78 is 0.965. The molecule has 2 rings (SSSR count). The van der Waals surface area contributed by atoms with Gasteiger partial charge in [-0.25, -0.2) is 0 Å². The minimum absolute atomic E-state index is 0.169. The van der Waals surface area contributed by atoms with Crippen molar-refractivity contribution >= 4 is 57.4 Å². The molecule has 0 heterocycles. The van der Waals surface area contributed by atoms with Crippen molar-refractivity contribution in [3.8, 4) is 0 Å². The lowest BCUT2D eigenvalue weighted by Gasteiger charge is -2.10. The molecular weight excluding hydrogens is 425 g/mol. The summed E-state index contributed by atoms with van der Waals surface area (Å²) in [4.78, 5) is 23.7. The van der Waals surface area contributed by atoms with Crippen LogP contribution in [0.3, 0.4) is 0 Å². The predicted molar refractivity (Wildman–Crippen MR) is 103 cm³/mol. The molecular formula is C16H14IN3O2S. The summed E-state index contributed by atoms with van der Waals surface area (Å²) in [5.74, 6) is -0.481. The normalized spacial score (nSPS) is 9.83. The number of halogens is 1. The van der Waals surface area contributed by atoms with Crippen LogP contribution in [0.25, 0.3) is 0 Å². The standard InChI is InChI=1S/C16H14IN3O2S/c1-18-14(21)11-5-3-7-13(9-11)19-16(23)20-15(22)10-4-2-6-12(17)8-10/h2-9H,1H3,(H,18,21)(H2,19,20,22,23). The summed E-state index contributed by atoms with van der Waals surface area (Å²) in [6, 6.07) is 14.0. The van der Waals surface area contributed by atoms with Gasteiger partial charge in [-0.05, 0) is 71.2 Å². The van der Waals surface area contributed by atoms with Gasteiger partial charge in [0.15, 0.2) is 5.11 Å². The summed E-state index contributed by atoms with van der Waals surface area (Å²) in [7, 11) is 1.56. The highest BCUT2D eigenvalue weighted by atomic mass is 127. The average molecular weight is 439 g/mol. The third kappa shape index (κ3) is 5.00. The van der Waals surface area contributed by atoms with Crippen LogP contribution in [0.4, 0.5) is 5.69 Å². The van der Waals surface area contributed by atoms with E-state index >= 15 is 0 Å². The Balaban J connectivity index is 2.02. The molecule has 23 heavy (non-hydrogen) atoms. The highest BCUT2D eigenvalue weighted by Crippen LogP contribution is 2.11. The molecule has 0 saturated carbocycles. The van der Waals surface area contributed by atoms with Crippen molar-refractivity contribution < 1.29 is 9.59 Å². The van der Waals surface area contributed by atoms with Gasteiger partial charge in [-0.2, -0.15) is 0 Å². The highest BCUT2D eigenvalue weighted by Gasteiger charge is 2.09. The minimum Gasteiger partial charge on any atom is -0.355 e. The summed E-state index contributed by atoms with van der Waals surface area (Å²) >= 11 is 7.27. The van der Waals surface area contributed by atoms with E-state index < -0.39 is 0 Å². The van der Waals surface area contributed by atoms with Crippen LogP contribution in [0.1, 0.15) is 20.7 Å². The van der Waals surface area contributed by atoms with Crippen LogP contribution < -0.4 is 16.0 Å². The summed E-state index contributed by atoms with van der Waals surface area (Å²) in [6.45, 7) is 0. The lowest BCUT2D eigenvalue weighted by molar-refractivity contribution is 0.0959. The molecule has 118 valence electrons. The number of benzene rings is 2. The van der Waals surface area contributed by atoms with Gasteiger partial charge in [0.25, 0.3) is 11.8 Å². The summed E-state index contributed by atoms with van der Waals surface area (Å²) in [5.41, 5.74) is 1.66. The molecule has 5 nitrogen and oxygen atoms in total. The van der Waals surface area contributed by atoms with Crippen LogP contribution >= 0.6 is 34.8 Å². The maximum absolute atomic E-state index is 12.1. The molecule has 0 radical (unpaired) electrons. The van der Waals surface area contributed by atoms with Crippen LogP contribution in [-0.2, 0) is 0 Å². The van der Waals surface area contributed by atoms with Crippen molar-refractivity contribution in [3.63, 3.8) is 0 Å². The molecule has 0 unspecified atom stereocenters. The number of amides is 2. The van der Waals surface area contributed by atoms with E-state index in [2.05, 4.69) is 38.5 Å². The van der Waals surface area contributed by atoms with E-state index in [4.69, 9.17) is 12.2 Å². The number of carbonyl (C=O) groups excluding carboxylic acids is 2. The number of carbonyl (C=O) groups is 2. The number of thiocarbonyl (C=S) groups is 1. The van der Waals surface area contributed by atoms with Crippen molar-refractivity contribution in [2.75, 3.05) is 12.4 Å². The molecule has 2 amide bonds. The zero-order valence-corrected chi connectivity index (χ0v) is 15.2. The Kier molecular flexibility index (Phi) is 6.05. The lowest BCUT2D eigenvalue weighted by Crippen LogP contribution is -2.34. The molecule has 0 atom stereocenters. The SMILES string of the molecule is CNC(=O)c1cccc(NC(=S)NC(=O)c2cccc(I)c2)c1. The lowest BCUT2D eigenvalue weighted by atomic mass is 10.2. The van der Waals surface area contributed by atoms with Gasteiger partial charge in [-0.3, -0.25) is 14.9 Å². The van der Waals surface area contributed by atoms with Crippen molar-refractivity contribution in [1.29, 1.82) is 0 Å². The molecule has 0 spiro atoms. The topological polar surface area (TPSA) is 70.2 Å². The molecule has 0 bridgehead atoms. The first-order valence-corrected chi connectivity index (χ1v) is 8.18. The Morgan fingerprint density at radius 1 is 1.00 bits per heavy atom. The van der Waals surface area contributed by atoms with Gasteiger partial charge in [-0.1, -0.05) is 12.1 Å². The number of nitrogens with one attached hydrogen (secondary N) is 3. The quantitative estimate of drug-likeness (QED) is 0.508. The van der Waals surface area contributed by atoms with Gasteiger partial charge in [0.2, 0.25) is 0 Å². The largest absolute Gasteiger partial charge is 0.355 e. The first-order valence-electron chi connectivity index (χ1n) is 6.69. The van der Waals surface area contributed by atoms with Gasteiger partial charge in [-0.15, -0.1) is 0 Å². The smallest absolute Gasteiger partial charge is 0.257 e. The van der Waals surface area contributed by atoms with Crippen LogP contribution in [0.2, 0.25) is 0 Å². The molecule has 2 aromatic rings. The number of anilines is 1. The second kappa shape index (κ2) is 8.02. The van der Waals surface area contributed by atoms with Crippen molar-refractivity contribution in [2.24, 2.45) is 0 Å². The van der Waals surface area contributed by atoms with Crippen molar-refractivity contribution in [2.45, 2.75) is 0 Å². The van der Waals surface area contributed by atoms with E-state index in [0.717, 1.165) is 3.57 Å². The monoisotopic (exact) mass is 439 g/mol. The van der Waals surface area contributed by atoms with Crippen LogP contribution in [0.5, 0.6) is 0 Å². The average Bonchev–Trinajstić information content (AvgIpc) is 2.54. The van der Waals surface area contributed by atoms with E-state index in [0.29, 0.717) is 16.8 Å². The molecule has 0 fully saturated rings.